The lowest BCUT2D eigenvalue weighted by Gasteiger charge is -2.33. The fourth-order valence-corrected chi connectivity index (χ4v) is 3.40. The number of nitrogens with one attached hydrogen (secondary N) is 1. The Morgan fingerprint density at radius 1 is 0.893 bits per heavy atom. The first kappa shape index (κ1) is 20.0. The molecule has 0 aliphatic heterocycles. The highest BCUT2D eigenvalue weighted by Crippen LogP contribution is 2.28. The number of carbonyl (C=O) groups excluding carboxylic acids is 1. The van der Waals surface area contributed by atoms with E-state index in [1.54, 1.807) is 36.9 Å². The molecule has 0 aliphatic rings. The van der Waals surface area contributed by atoms with Gasteiger partial charge in [0.1, 0.15) is 5.54 Å². The van der Waals surface area contributed by atoms with E-state index in [9.17, 15) is 4.79 Å². The lowest BCUT2D eigenvalue weighted by molar-refractivity contribution is -0.125. The number of hydrogen-bond donors (Lipinski definition) is 2. The van der Waals surface area contributed by atoms with E-state index in [1.807, 2.05) is 36.4 Å². The third kappa shape index (κ3) is 4.94. The van der Waals surface area contributed by atoms with Crippen molar-refractivity contribution < 1.29 is 4.79 Å². The number of carbonyl (C=O) groups is 1. The molecule has 28 heavy (non-hydrogen) atoms. The summed E-state index contributed by atoms with van der Waals surface area (Å²) >= 11 is 6.05. The van der Waals surface area contributed by atoms with Crippen molar-refractivity contribution in [2.45, 2.75) is 24.8 Å². The van der Waals surface area contributed by atoms with Gasteiger partial charge in [0.15, 0.2) is 0 Å². The Morgan fingerprint density at radius 2 is 1.43 bits per heavy atom. The zero-order valence-corrected chi connectivity index (χ0v) is 16.3. The van der Waals surface area contributed by atoms with Crippen LogP contribution in [0.25, 0.3) is 0 Å². The quantitative estimate of drug-likeness (QED) is 0.583. The van der Waals surface area contributed by atoms with E-state index in [2.05, 4.69) is 15.3 Å². The third-order valence-corrected chi connectivity index (χ3v) is 5.14. The minimum atomic E-state index is -0.985. The fourth-order valence-electron chi connectivity index (χ4n) is 3.27. The summed E-state index contributed by atoms with van der Waals surface area (Å²) in [4.78, 5) is 20.8. The number of nitrogens with two attached hydrogens (primary N) is 1. The molecule has 144 valence electrons. The number of hydrogen-bond acceptors (Lipinski definition) is 4. The summed E-state index contributed by atoms with van der Waals surface area (Å²) in [6.45, 7) is 0.603. The highest BCUT2D eigenvalue weighted by atomic mass is 35.5. The van der Waals surface area contributed by atoms with Crippen molar-refractivity contribution in [2.24, 2.45) is 5.73 Å². The molecule has 3 aromatic rings. The second-order valence-electron chi connectivity index (χ2n) is 6.66. The molecule has 6 heteroatoms. The van der Waals surface area contributed by atoms with Gasteiger partial charge in [0.25, 0.3) is 0 Å². The summed E-state index contributed by atoms with van der Waals surface area (Å²) in [6.07, 6.45) is 9.01. The summed E-state index contributed by atoms with van der Waals surface area (Å²) in [7, 11) is 0. The van der Waals surface area contributed by atoms with Crippen LogP contribution >= 0.6 is 11.6 Å². The molecule has 2 aromatic heterocycles. The number of nitrogens with zero attached hydrogens (tertiary/aromatic N) is 2. The molecule has 3 rings (SSSR count). The van der Waals surface area contributed by atoms with Gasteiger partial charge >= 0.3 is 0 Å². The number of benzene rings is 1. The molecule has 0 radical (unpaired) electrons. The van der Waals surface area contributed by atoms with E-state index in [-0.39, 0.29) is 0 Å². The molecule has 2 heterocycles. The molecule has 0 fully saturated rings. The Kier molecular flexibility index (Phi) is 6.74. The van der Waals surface area contributed by atoms with Crippen molar-refractivity contribution in [3.8, 4) is 0 Å². The lowest BCUT2D eigenvalue weighted by atomic mass is 9.83. The van der Waals surface area contributed by atoms with Gasteiger partial charge in [-0.15, -0.1) is 0 Å². The lowest BCUT2D eigenvalue weighted by Crippen LogP contribution is -2.53. The molecule has 1 atom stereocenters. The number of aromatic nitrogens is 2. The first-order valence-corrected chi connectivity index (χ1v) is 9.57. The zero-order valence-electron chi connectivity index (χ0n) is 15.5. The van der Waals surface area contributed by atoms with Crippen LogP contribution in [-0.2, 0) is 23.2 Å². The van der Waals surface area contributed by atoms with Crippen molar-refractivity contribution in [1.29, 1.82) is 0 Å². The topological polar surface area (TPSA) is 80.9 Å². The Morgan fingerprint density at radius 3 is 1.96 bits per heavy atom. The van der Waals surface area contributed by atoms with Crippen LogP contribution in [0.5, 0.6) is 0 Å². The van der Waals surface area contributed by atoms with Crippen LogP contribution in [0.15, 0.2) is 73.3 Å². The van der Waals surface area contributed by atoms with E-state index in [0.29, 0.717) is 24.4 Å². The SMILES string of the molecule is NC(=O)C(CCc1ccncc1)(NCCc1ccncc1)c1ccc(Cl)cc1. The number of amides is 1. The Hall–Kier alpha value is -2.76. The molecular weight excluding hydrogens is 372 g/mol. The molecule has 0 saturated heterocycles. The second-order valence-corrected chi connectivity index (χ2v) is 7.10. The smallest absolute Gasteiger partial charge is 0.242 e. The third-order valence-electron chi connectivity index (χ3n) is 4.89. The summed E-state index contributed by atoms with van der Waals surface area (Å²) in [5.74, 6) is -0.404. The van der Waals surface area contributed by atoms with Crippen molar-refractivity contribution >= 4 is 17.5 Å². The van der Waals surface area contributed by atoms with Gasteiger partial charge in [0, 0.05) is 36.4 Å². The molecular formula is C22H23ClN4O. The molecule has 1 aromatic carbocycles. The minimum absolute atomic E-state index is 0.404. The number of aryl methyl sites for hydroxylation is 1. The second kappa shape index (κ2) is 9.44. The molecule has 0 saturated carbocycles. The maximum Gasteiger partial charge on any atom is 0.242 e. The van der Waals surface area contributed by atoms with Gasteiger partial charge in [0.2, 0.25) is 5.91 Å². The van der Waals surface area contributed by atoms with Crippen LogP contribution in [-0.4, -0.2) is 22.4 Å². The molecule has 3 N–H and O–H groups in total. The average Bonchev–Trinajstić information content (AvgIpc) is 2.72. The van der Waals surface area contributed by atoms with Crippen molar-refractivity contribution in [3.05, 3.63) is 95.0 Å². The predicted molar refractivity (Wildman–Crippen MR) is 111 cm³/mol. The Labute approximate surface area is 170 Å². The van der Waals surface area contributed by atoms with Crippen molar-refractivity contribution in [3.63, 3.8) is 0 Å². The van der Waals surface area contributed by atoms with E-state index in [0.717, 1.165) is 23.1 Å². The van der Waals surface area contributed by atoms with Crippen molar-refractivity contribution in [1.82, 2.24) is 15.3 Å². The fraction of sp³-hybridized carbons (Fsp3) is 0.227. The minimum Gasteiger partial charge on any atom is -0.368 e. The van der Waals surface area contributed by atoms with Crippen LogP contribution in [0.4, 0.5) is 0 Å². The van der Waals surface area contributed by atoms with Crippen molar-refractivity contribution in [2.75, 3.05) is 6.54 Å². The van der Waals surface area contributed by atoms with Gasteiger partial charge < -0.3 is 5.73 Å². The number of rotatable bonds is 9. The maximum absolute atomic E-state index is 12.7. The van der Waals surface area contributed by atoms with Gasteiger partial charge in [-0.3, -0.25) is 20.1 Å². The Balaban J connectivity index is 1.83. The van der Waals surface area contributed by atoms with E-state index >= 15 is 0 Å². The molecule has 0 bridgehead atoms. The van der Waals surface area contributed by atoms with E-state index in [1.165, 1.54) is 0 Å². The maximum atomic E-state index is 12.7. The number of primary amides is 1. The predicted octanol–water partition coefficient (Wildman–Crippen LogP) is 3.28. The van der Waals surface area contributed by atoms with Gasteiger partial charge in [-0.25, -0.2) is 0 Å². The van der Waals surface area contributed by atoms with E-state index in [4.69, 9.17) is 17.3 Å². The summed E-state index contributed by atoms with van der Waals surface area (Å²) in [5, 5.41) is 4.05. The molecule has 1 unspecified atom stereocenters. The first-order valence-electron chi connectivity index (χ1n) is 9.19. The molecule has 0 aliphatic carbocycles. The standard InChI is InChI=1S/C22H23ClN4O/c23-20-3-1-19(2-4-20)22(21(24)28,11-5-17-6-12-25-13-7-17)27-16-10-18-8-14-26-15-9-18/h1-4,6-9,12-15,27H,5,10-11,16H2,(H2,24,28). The highest BCUT2D eigenvalue weighted by molar-refractivity contribution is 6.30. The van der Waals surface area contributed by atoms with Gasteiger partial charge in [-0.1, -0.05) is 23.7 Å². The summed E-state index contributed by atoms with van der Waals surface area (Å²) in [5.41, 5.74) is 8.00. The summed E-state index contributed by atoms with van der Waals surface area (Å²) < 4.78 is 0. The largest absolute Gasteiger partial charge is 0.368 e. The summed E-state index contributed by atoms with van der Waals surface area (Å²) in [6, 6.07) is 15.1. The van der Waals surface area contributed by atoms with Crippen LogP contribution in [0.2, 0.25) is 5.02 Å². The van der Waals surface area contributed by atoms with Crippen LogP contribution < -0.4 is 11.1 Å². The Bertz CT molecular complexity index is 887. The zero-order chi connectivity index (χ0) is 19.8. The van der Waals surface area contributed by atoms with Crippen LogP contribution in [0, 0.1) is 0 Å². The van der Waals surface area contributed by atoms with Gasteiger partial charge in [-0.2, -0.15) is 0 Å². The highest BCUT2D eigenvalue weighted by Gasteiger charge is 2.37. The number of pyridine rings is 2. The van der Waals surface area contributed by atoms with Gasteiger partial charge in [-0.05, 0) is 72.4 Å². The molecule has 0 spiro atoms. The number of halogens is 1. The molecule has 1 amide bonds. The van der Waals surface area contributed by atoms with Gasteiger partial charge in [0.05, 0.1) is 0 Å². The molecule has 5 nitrogen and oxygen atoms in total. The normalized spacial score (nSPS) is 13.0. The average molecular weight is 395 g/mol. The van der Waals surface area contributed by atoms with E-state index < -0.39 is 11.4 Å². The first-order chi connectivity index (χ1) is 13.6. The van der Waals surface area contributed by atoms with Crippen LogP contribution in [0.3, 0.4) is 0 Å². The monoisotopic (exact) mass is 394 g/mol. The van der Waals surface area contributed by atoms with Crippen LogP contribution in [0.1, 0.15) is 23.1 Å².